The van der Waals surface area contributed by atoms with Crippen molar-refractivity contribution in [3.05, 3.63) is 32.8 Å². The number of hydrogen-bond acceptors (Lipinski definition) is 7. The summed E-state index contributed by atoms with van der Waals surface area (Å²) in [7, 11) is 3.16. The summed E-state index contributed by atoms with van der Waals surface area (Å²) in [4.78, 5) is 26.0. The molecule has 3 heterocycles. The summed E-state index contributed by atoms with van der Waals surface area (Å²) in [5.74, 6) is 1.78. The van der Waals surface area contributed by atoms with Crippen LogP contribution in [-0.2, 0) is 14.1 Å². The highest BCUT2D eigenvalue weighted by atomic mass is 16.4. The van der Waals surface area contributed by atoms with Crippen molar-refractivity contribution in [2.24, 2.45) is 14.1 Å². The molecule has 2 aromatic rings. The minimum atomic E-state index is -0.320. The maximum absolute atomic E-state index is 12.1. The second-order valence-electron chi connectivity index (χ2n) is 6.54. The van der Waals surface area contributed by atoms with Crippen LogP contribution in [0, 0.1) is 0 Å². The predicted molar refractivity (Wildman–Crippen MR) is 87.4 cm³/mol. The van der Waals surface area contributed by atoms with Gasteiger partial charge < -0.3 is 14.6 Å². The Bertz CT molecular complexity index is 878. The molecular formula is C15H20N6O3. The fourth-order valence-electron chi connectivity index (χ4n) is 3.07. The van der Waals surface area contributed by atoms with E-state index in [1.807, 2.05) is 4.90 Å². The summed E-state index contributed by atoms with van der Waals surface area (Å²) in [6.07, 6.45) is 3.11. The molecule has 1 N–H and O–H groups in total. The normalized spacial score (nSPS) is 20.6. The van der Waals surface area contributed by atoms with E-state index in [0.717, 1.165) is 30.4 Å². The first kappa shape index (κ1) is 15.0. The Kier molecular flexibility index (Phi) is 3.43. The standard InChI is InChI=1S/C15H20N6O3/c1-19-11(7-12(22)20(2)15(19)23)21-6-5-10(8-21)16-14-18-17-13(24-14)9-3-4-9/h7,9-10H,3-6,8H2,1-2H3,(H,16,18)/t10-/m0/s1. The van der Waals surface area contributed by atoms with Crippen LogP contribution in [0.5, 0.6) is 0 Å². The molecule has 0 radical (unpaired) electrons. The number of anilines is 2. The molecule has 128 valence electrons. The lowest BCUT2D eigenvalue weighted by Crippen LogP contribution is -2.40. The van der Waals surface area contributed by atoms with E-state index < -0.39 is 0 Å². The van der Waals surface area contributed by atoms with E-state index in [-0.39, 0.29) is 17.3 Å². The number of rotatable bonds is 4. The molecular weight excluding hydrogens is 312 g/mol. The Balaban J connectivity index is 1.48. The molecule has 9 heteroatoms. The zero-order valence-corrected chi connectivity index (χ0v) is 13.7. The van der Waals surface area contributed by atoms with E-state index >= 15 is 0 Å². The molecule has 1 atom stereocenters. The molecule has 24 heavy (non-hydrogen) atoms. The fourth-order valence-corrected chi connectivity index (χ4v) is 3.07. The molecule has 0 aromatic carbocycles. The van der Waals surface area contributed by atoms with Crippen LogP contribution in [0.15, 0.2) is 20.1 Å². The van der Waals surface area contributed by atoms with Crippen molar-refractivity contribution >= 4 is 11.8 Å². The van der Waals surface area contributed by atoms with E-state index in [1.165, 1.54) is 17.7 Å². The van der Waals surface area contributed by atoms with Gasteiger partial charge in [0.25, 0.3) is 5.56 Å². The van der Waals surface area contributed by atoms with Crippen LogP contribution in [0.4, 0.5) is 11.8 Å². The number of nitrogens with one attached hydrogen (secondary N) is 1. The van der Waals surface area contributed by atoms with Gasteiger partial charge in [-0.2, -0.15) is 0 Å². The van der Waals surface area contributed by atoms with Gasteiger partial charge in [0.05, 0.1) is 0 Å². The zero-order valence-electron chi connectivity index (χ0n) is 13.7. The molecule has 1 aliphatic carbocycles. The molecule has 4 rings (SSSR count). The fraction of sp³-hybridized carbons (Fsp3) is 0.600. The maximum Gasteiger partial charge on any atom is 0.332 e. The van der Waals surface area contributed by atoms with Gasteiger partial charge in [-0.25, -0.2) is 4.79 Å². The molecule has 9 nitrogen and oxygen atoms in total. The Morgan fingerprint density at radius 1 is 1.17 bits per heavy atom. The molecule has 2 fully saturated rings. The lowest BCUT2D eigenvalue weighted by atomic mass is 10.3. The summed E-state index contributed by atoms with van der Waals surface area (Å²) in [5, 5.41) is 11.4. The zero-order chi connectivity index (χ0) is 16.8. The van der Waals surface area contributed by atoms with Crippen LogP contribution in [0.1, 0.15) is 31.1 Å². The van der Waals surface area contributed by atoms with Crippen molar-refractivity contribution in [3.8, 4) is 0 Å². The van der Waals surface area contributed by atoms with E-state index in [4.69, 9.17) is 4.42 Å². The van der Waals surface area contributed by atoms with Crippen molar-refractivity contribution in [1.82, 2.24) is 19.3 Å². The van der Waals surface area contributed by atoms with Gasteiger partial charge in [0.1, 0.15) is 5.82 Å². The average Bonchev–Trinajstić information content (AvgIpc) is 3.15. The maximum atomic E-state index is 12.1. The Morgan fingerprint density at radius 3 is 2.71 bits per heavy atom. The third-order valence-electron chi connectivity index (χ3n) is 4.71. The van der Waals surface area contributed by atoms with Gasteiger partial charge in [-0.3, -0.25) is 13.9 Å². The second kappa shape index (κ2) is 5.50. The number of nitrogens with zero attached hydrogens (tertiary/aromatic N) is 5. The van der Waals surface area contributed by atoms with Crippen molar-refractivity contribution < 1.29 is 4.42 Å². The van der Waals surface area contributed by atoms with Gasteiger partial charge in [-0.05, 0) is 19.3 Å². The average molecular weight is 332 g/mol. The quantitative estimate of drug-likeness (QED) is 0.844. The van der Waals surface area contributed by atoms with Gasteiger partial charge in [0.2, 0.25) is 5.89 Å². The number of hydrogen-bond donors (Lipinski definition) is 1. The van der Waals surface area contributed by atoms with Crippen molar-refractivity contribution in [1.29, 1.82) is 0 Å². The lowest BCUT2D eigenvalue weighted by Gasteiger charge is -2.21. The second-order valence-corrected chi connectivity index (χ2v) is 6.54. The molecule has 0 unspecified atom stereocenters. The first-order valence-corrected chi connectivity index (χ1v) is 8.15. The van der Waals surface area contributed by atoms with Crippen LogP contribution in [0.3, 0.4) is 0 Å². The van der Waals surface area contributed by atoms with E-state index in [2.05, 4.69) is 15.5 Å². The topological polar surface area (TPSA) is 98.2 Å². The molecule has 1 saturated heterocycles. The van der Waals surface area contributed by atoms with Crippen LogP contribution in [0.2, 0.25) is 0 Å². The van der Waals surface area contributed by atoms with Crippen molar-refractivity contribution in [2.75, 3.05) is 23.3 Å². The Morgan fingerprint density at radius 2 is 1.96 bits per heavy atom. The van der Waals surface area contributed by atoms with Crippen LogP contribution in [-0.4, -0.2) is 38.5 Å². The van der Waals surface area contributed by atoms with Crippen LogP contribution in [0.25, 0.3) is 0 Å². The Hall–Kier alpha value is -2.58. The van der Waals surface area contributed by atoms with Crippen molar-refractivity contribution in [2.45, 2.75) is 31.2 Å². The van der Waals surface area contributed by atoms with Crippen LogP contribution < -0.4 is 21.5 Å². The van der Waals surface area contributed by atoms with Crippen molar-refractivity contribution in [3.63, 3.8) is 0 Å². The largest absolute Gasteiger partial charge is 0.408 e. The summed E-state index contributed by atoms with van der Waals surface area (Å²) >= 11 is 0. The minimum absolute atomic E-state index is 0.136. The van der Waals surface area contributed by atoms with E-state index in [9.17, 15) is 9.59 Å². The molecule has 0 spiro atoms. The lowest BCUT2D eigenvalue weighted by molar-refractivity contribution is 0.502. The molecule has 1 aliphatic heterocycles. The van der Waals surface area contributed by atoms with Gasteiger partial charge in [0, 0.05) is 45.2 Å². The minimum Gasteiger partial charge on any atom is -0.408 e. The molecule has 1 saturated carbocycles. The van der Waals surface area contributed by atoms with E-state index in [1.54, 1.807) is 7.05 Å². The highest BCUT2D eigenvalue weighted by Gasteiger charge is 2.30. The molecule has 0 bridgehead atoms. The first-order valence-electron chi connectivity index (χ1n) is 8.15. The predicted octanol–water partition coefficient (Wildman–Crippen LogP) is 0.0352. The number of aromatic nitrogens is 4. The van der Waals surface area contributed by atoms with E-state index in [0.29, 0.717) is 30.2 Å². The third-order valence-corrected chi connectivity index (χ3v) is 4.71. The summed E-state index contributed by atoms with van der Waals surface area (Å²) in [6.45, 7) is 1.42. The van der Waals surface area contributed by atoms with Gasteiger partial charge in [-0.1, -0.05) is 5.10 Å². The van der Waals surface area contributed by atoms with Crippen LogP contribution >= 0.6 is 0 Å². The summed E-state index contributed by atoms with van der Waals surface area (Å²) in [5.41, 5.74) is -0.615. The smallest absolute Gasteiger partial charge is 0.332 e. The summed E-state index contributed by atoms with van der Waals surface area (Å²) in [6, 6.07) is 2.08. The summed E-state index contributed by atoms with van der Waals surface area (Å²) < 4.78 is 8.23. The monoisotopic (exact) mass is 332 g/mol. The highest BCUT2D eigenvalue weighted by molar-refractivity contribution is 5.41. The molecule has 2 aromatic heterocycles. The highest BCUT2D eigenvalue weighted by Crippen LogP contribution is 2.39. The van der Waals surface area contributed by atoms with Gasteiger partial charge >= 0.3 is 11.7 Å². The van der Waals surface area contributed by atoms with Gasteiger partial charge in [-0.15, -0.1) is 5.10 Å². The molecule has 0 amide bonds. The molecule has 2 aliphatic rings. The third kappa shape index (κ3) is 2.59. The Labute approximate surface area is 137 Å². The first-order chi connectivity index (χ1) is 11.5. The van der Waals surface area contributed by atoms with Gasteiger partial charge in [0.15, 0.2) is 0 Å². The SMILES string of the molecule is Cn1c(N2CC[C@H](Nc3nnc(C4CC4)o3)C2)cc(=O)n(C)c1=O.